The zero-order chi connectivity index (χ0) is 11.0. The minimum Gasteiger partial charge on any atom is -0.392 e. The molecule has 2 fully saturated rings. The zero-order valence-corrected chi connectivity index (χ0v) is 9.09. The molecule has 0 amide bonds. The lowest BCUT2D eigenvalue weighted by molar-refractivity contribution is 0.191. The number of rotatable bonds is 2. The summed E-state index contributed by atoms with van der Waals surface area (Å²) >= 11 is 0. The van der Waals surface area contributed by atoms with Crippen LogP contribution in [0.15, 0.2) is 4.52 Å². The van der Waals surface area contributed by atoms with Gasteiger partial charge in [-0.1, -0.05) is 0 Å². The predicted molar refractivity (Wildman–Crippen MR) is 57.1 cm³/mol. The molecule has 0 unspecified atom stereocenters. The molecule has 2 atom stereocenters. The van der Waals surface area contributed by atoms with Gasteiger partial charge in [0.05, 0.1) is 12.1 Å². The van der Waals surface area contributed by atoms with E-state index in [1.54, 1.807) is 0 Å². The Morgan fingerprint density at radius 2 is 2.19 bits per heavy atom. The van der Waals surface area contributed by atoms with Gasteiger partial charge in [0.15, 0.2) is 0 Å². The van der Waals surface area contributed by atoms with Crippen LogP contribution in [0, 0.1) is 0 Å². The summed E-state index contributed by atoms with van der Waals surface area (Å²) in [5.74, 6) is 1.29. The van der Waals surface area contributed by atoms with Crippen molar-refractivity contribution in [1.29, 1.82) is 0 Å². The maximum absolute atomic E-state index is 9.42. The molecule has 3 rings (SSSR count). The van der Waals surface area contributed by atoms with Gasteiger partial charge in [-0.2, -0.15) is 4.98 Å². The summed E-state index contributed by atoms with van der Waals surface area (Å²) in [6.45, 7) is 2.63. The Labute approximate surface area is 93.6 Å². The summed E-state index contributed by atoms with van der Waals surface area (Å²) in [7, 11) is 0. The maximum atomic E-state index is 9.42. The van der Waals surface area contributed by atoms with Crippen molar-refractivity contribution in [1.82, 2.24) is 15.5 Å². The SMILES string of the molecule is O[C@@H]1CN[C@H](c2nc(N3CCCC3)no2)C1. The minimum absolute atomic E-state index is 0.0128. The summed E-state index contributed by atoms with van der Waals surface area (Å²) in [6, 6.07) is 0.0128. The van der Waals surface area contributed by atoms with Crippen molar-refractivity contribution in [3.63, 3.8) is 0 Å². The summed E-state index contributed by atoms with van der Waals surface area (Å²) in [5, 5.41) is 16.6. The number of aliphatic hydroxyl groups excluding tert-OH is 1. The van der Waals surface area contributed by atoms with E-state index in [-0.39, 0.29) is 12.1 Å². The molecule has 0 aliphatic carbocycles. The van der Waals surface area contributed by atoms with Crippen molar-refractivity contribution in [2.75, 3.05) is 24.5 Å². The van der Waals surface area contributed by atoms with Crippen LogP contribution in [0.4, 0.5) is 5.95 Å². The molecule has 88 valence electrons. The van der Waals surface area contributed by atoms with E-state index in [0.717, 1.165) is 13.1 Å². The molecular weight excluding hydrogens is 208 g/mol. The van der Waals surface area contributed by atoms with Gasteiger partial charge in [-0.15, -0.1) is 0 Å². The van der Waals surface area contributed by atoms with Crippen LogP contribution in [-0.2, 0) is 0 Å². The maximum Gasteiger partial charge on any atom is 0.266 e. The van der Waals surface area contributed by atoms with Crippen LogP contribution in [-0.4, -0.2) is 41.0 Å². The molecule has 16 heavy (non-hydrogen) atoms. The first kappa shape index (κ1) is 10.0. The molecule has 6 heteroatoms. The fourth-order valence-electron chi connectivity index (χ4n) is 2.32. The Morgan fingerprint density at radius 1 is 1.38 bits per heavy atom. The Morgan fingerprint density at radius 3 is 2.88 bits per heavy atom. The van der Waals surface area contributed by atoms with Crippen LogP contribution in [0.1, 0.15) is 31.2 Å². The zero-order valence-electron chi connectivity index (χ0n) is 9.09. The molecule has 6 nitrogen and oxygen atoms in total. The van der Waals surface area contributed by atoms with Crippen molar-refractivity contribution < 1.29 is 9.63 Å². The van der Waals surface area contributed by atoms with Gasteiger partial charge < -0.3 is 19.8 Å². The molecule has 3 heterocycles. The van der Waals surface area contributed by atoms with Crippen molar-refractivity contribution in [3.8, 4) is 0 Å². The van der Waals surface area contributed by atoms with E-state index in [0.29, 0.717) is 24.8 Å². The first-order chi connectivity index (χ1) is 7.83. The Hall–Kier alpha value is -1.14. The molecule has 0 spiro atoms. The van der Waals surface area contributed by atoms with Gasteiger partial charge >= 0.3 is 0 Å². The van der Waals surface area contributed by atoms with Gasteiger partial charge in [0.25, 0.3) is 5.95 Å². The second kappa shape index (κ2) is 4.03. The fraction of sp³-hybridized carbons (Fsp3) is 0.800. The minimum atomic E-state index is -0.299. The van der Waals surface area contributed by atoms with Gasteiger partial charge in [0, 0.05) is 19.6 Å². The van der Waals surface area contributed by atoms with Gasteiger partial charge in [-0.25, -0.2) is 0 Å². The fourth-order valence-corrected chi connectivity index (χ4v) is 2.32. The molecule has 2 N–H and O–H groups in total. The number of hydrogen-bond donors (Lipinski definition) is 2. The number of hydrogen-bond acceptors (Lipinski definition) is 6. The summed E-state index contributed by atoms with van der Waals surface area (Å²) < 4.78 is 5.23. The van der Waals surface area contributed by atoms with E-state index >= 15 is 0 Å². The molecule has 2 saturated heterocycles. The van der Waals surface area contributed by atoms with Crippen LogP contribution >= 0.6 is 0 Å². The lowest BCUT2D eigenvalue weighted by atomic mass is 10.2. The topological polar surface area (TPSA) is 74.4 Å². The number of β-amino-alcohol motifs (C(OH)–C–C–N with tert-alkyl or cyclic N) is 1. The summed E-state index contributed by atoms with van der Waals surface area (Å²) in [6.07, 6.45) is 2.75. The molecule has 0 saturated carbocycles. The third-order valence-electron chi connectivity index (χ3n) is 3.23. The Bertz CT molecular complexity index is 361. The van der Waals surface area contributed by atoms with E-state index in [2.05, 4.69) is 20.4 Å². The van der Waals surface area contributed by atoms with Crippen LogP contribution < -0.4 is 10.2 Å². The number of aromatic nitrogens is 2. The monoisotopic (exact) mass is 224 g/mol. The highest BCUT2D eigenvalue weighted by Crippen LogP contribution is 2.24. The first-order valence-electron chi connectivity index (χ1n) is 5.83. The van der Waals surface area contributed by atoms with Crippen molar-refractivity contribution in [2.45, 2.75) is 31.4 Å². The highest BCUT2D eigenvalue weighted by molar-refractivity contribution is 5.29. The normalized spacial score (nSPS) is 30.2. The summed E-state index contributed by atoms with van der Waals surface area (Å²) in [5.41, 5.74) is 0. The average Bonchev–Trinajstić information content (AvgIpc) is 2.97. The number of nitrogens with zero attached hydrogens (tertiary/aromatic N) is 3. The smallest absolute Gasteiger partial charge is 0.266 e. The number of nitrogens with one attached hydrogen (secondary N) is 1. The molecular formula is C10H16N4O2. The number of aliphatic hydroxyl groups is 1. The van der Waals surface area contributed by atoms with E-state index in [1.165, 1.54) is 12.8 Å². The van der Waals surface area contributed by atoms with Crippen LogP contribution in [0.3, 0.4) is 0 Å². The van der Waals surface area contributed by atoms with Gasteiger partial charge in [-0.05, 0) is 24.4 Å². The van der Waals surface area contributed by atoms with Crippen LogP contribution in [0.5, 0.6) is 0 Å². The van der Waals surface area contributed by atoms with Crippen molar-refractivity contribution in [2.24, 2.45) is 0 Å². The molecule has 1 aromatic heterocycles. The number of anilines is 1. The quantitative estimate of drug-likeness (QED) is 0.740. The molecule has 2 aliphatic rings. The Balaban J connectivity index is 1.72. The predicted octanol–water partition coefficient (Wildman–Crippen LogP) is 0.0651. The lowest BCUT2D eigenvalue weighted by Gasteiger charge is -2.10. The van der Waals surface area contributed by atoms with E-state index in [9.17, 15) is 5.11 Å². The third kappa shape index (κ3) is 1.78. The second-order valence-corrected chi connectivity index (χ2v) is 4.48. The third-order valence-corrected chi connectivity index (χ3v) is 3.23. The van der Waals surface area contributed by atoms with Crippen molar-refractivity contribution in [3.05, 3.63) is 5.89 Å². The first-order valence-corrected chi connectivity index (χ1v) is 5.83. The Kier molecular flexibility index (Phi) is 2.53. The molecule has 1 aromatic rings. The molecule has 0 radical (unpaired) electrons. The molecule has 0 bridgehead atoms. The second-order valence-electron chi connectivity index (χ2n) is 4.48. The standard InChI is InChI=1S/C10H16N4O2/c15-7-5-8(11-6-7)9-12-10(13-16-9)14-3-1-2-4-14/h7-8,11,15H,1-6H2/t7-,8-/m0/s1. The molecule has 2 aliphatic heterocycles. The van der Waals surface area contributed by atoms with E-state index < -0.39 is 0 Å². The van der Waals surface area contributed by atoms with Crippen LogP contribution in [0.2, 0.25) is 0 Å². The van der Waals surface area contributed by atoms with Gasteiger partial charge in [0.1, 0.15) is 0 Å². The highest BCUT2D eigenvalue weighted by atomic mass is 16.5. The van der Waals surface area contributed by atoms with E-state index in [1.807, 2.05) is 0 Å². The van der Waals surface area contributed by atoms with Gasteiger partial charge in [0.2, 0.25) is 5.89 Å². The molecule has 0 aromatic carbocycles. The van der Waals surface area contributed by atoms with Crippen molar-refractivity contribution >= 4 is 5.95 Å². The largest absolute Gasteiger partial charge is 0.392 e. The lowest BCUT2D eigenvalue weighted by Crippen LogP contribution is -2.19. The van der Waals surface area contributed by atoms with E-state index in [4.69, 9.17) is 4.52 Å². The van der Waals surface area contributed by atoms with Crippen LogP contribution in [0.25, 0.3) is 0 Å². The summed E-state index contributed by atoms with van der Waals surface area (Å²) in [4.78, 5) is 6.52. The van der Waals surface area contributed by atoms with Gasteiger partial charge in [-0.3, -0.25) is 0 Å². The highest BCUT2D eigenvalue weighted by Gasteiger charge is 2.29. The average molecular weight is 224 g/mol.